The molecule has 3 rings (SSSR count). The van der Waals surface area contributed by atoms with Crippen LogP contribution in [0.3, 0.4) is 0 Å². The van der Waals surface area contributed by atoms with Gasteiger partial charge in [-0.2, -0.15) is 0 Å². The van der Waals surface area contributed by atoms with Crippen LogP contribution >= 0.6 is 11.3 Å². The maximum atomic E-state index is 11.9. The number of likely N-dealkylation sites (N-methyl/N-ethyl adjacent to an activating group) is 1. The summed E-state index contributed by atoms with van der Waals surface area (Å²) in [5, 5.41) is 7.73. The van der Waals surface area contributed by atoms with Gasteiger partial charge in [0.2, 0.25) is 5.91 Å². The van der Waals surface area contributed by atoms with Gasteiger partial charge in [-0.25, -0.2) is 4.98 Å². The number of hydrogen-bond donors (Lipinski definition) is 1. The summed E-state index contributed by atoms with van der Waals surface area (Å²) in [4.78, 5) is 18.0. The highest BCUT2D eigenvalue weighted by Gasteiger charge is 2.09. The van der Waals surface area contributed by atoms with Crippen LogP contribution in [0.15, 0.2) is 54.0 Å². The largest absolute Gasteiger partial charge is 0.301 e. The number of aromatic nitrogens is 1. The van der Waals surface area contributed by atoms with Crippen molar-refractivity contribution in [3.63, 3.8) is 0 Å². The second-order valence-electron chi connectivity index (χ2n) is 5.24. The zero-order valence-electron chi connectivity index (χ0n) is 12.3. The number of carbonyl (C=O) groups excluding carboxylic acids is 1. The van der Waals surface area contributed by atoms with Crippen molar-refractivity contribution in [2.75, 3.05) is 18.9 Å². The first-order valence-electron chi connectivity index (χ1n) is 7.06. The zero-order valence-corrected chi connectivity index (χ0v) is 13.1. The molecule has 1 heterocycles. The van der Waals surface area contributed by atoms with Gasteiger partial charge in [0, 0.05) is 18.1 Å². The smallest absolute Gasteiger partial charge is 0.240 e. The molecule has 0 unspecified atom stereocenters. The van der Waals surface area contributed by atoms with E-state index in [1.165, 1.54) is 27.7 Å². The molecule has 5 heteroatoms. The van der Waals surface area contributed by atoms with E-state index in [1.54, 1.807) is 6.20 Å². The van der Waals surface area contributed by atoms with E-state index in [0.717, 1.165) is 6.54 Å². The third kappa shape index (κ3) is 3.69. The fourth-order valence-corrected chi connectivity index (χ4v) is 2.94. The van der Waals surface area contributed by atoms with Crippen LogP contribution in [0.25, 0.3) is 10.8 Å². The van der Waals surface area contributed by atoms with Gasteiger partial charge in [0.05, 0.1) is 6.54 Å². The molecule has 0 aliphatic carbocycles. The van der Waals surface area contributed by atoms with E-state index < -0.39 is 0 Å². The summed E-state index contributed by atoms with van der Waals surface area (Å²) in [7, 11) is 1.94. The lowest BCUT2D eigenvalue weighted by Gasteiger charge is -2.16. The molecular weight excluding hydrogens is 294 g/mol. The van der Waals surface area contributed by atoms with Gasteiger partial charge in [-0.1, -0.05) is 36.4 Å². The average Bonchev–Trinajstić information content (AvgIpc) is 2.99. The lowest BCUT2D eigenvalue weighted by Crippen LogP contribution is -2.29. The number of nitrogens with zero attached hydrogens (tertiary/aromatic N) is 2. The van der Waals surface area contributed by atoms with Crippen molar-refractivity contribution in [1.82, 2.24) is 9.88 Å². The Labute approximate surface area is 133 Å². The molecule has 0 aliphatic rings. The van der Waals surface area contributed by atoms with Crippen LogP contribution in [-0.4, -0.2) is 29.4 Å². The maximum Gasteiger partial charge on any atom is 0.240 e. The van der Waals surface area contributed by atoms with Crippen LogP contribution in [0, 0.1) is 0 Å². The number of fused-ring (bicyclic) bond motifs is 1. The molecule has 0 spiro atoms. The Morgan fingerprint density at radius 1 is 1.23 bits per heavy atom. The third-order valence-corrected chi connectivity index (χ3v) is 4.05. The van der Waals surface area contributed by atoms with E-state index >= 15 is 0 Å². The zero-order chi connectivity index (χ0) is 15.4. The minimum atomic E-state index is -0.0433. The molecule has 2 aromatic carbocycles. The summed E-state index contributed by atoms with van der Waals surface area (Å²) in [6, 6.07) is 14.7. The lowest BCUT2D eigenvalue weighted by molar-refractivity contribution is -0.117. The topological polar surface area (TPSA) is 45.2 Å². The molecule has 1 amide bonds. The molecular formula is C17H17N3OS. The first-order valence-corrected chi connectivity index (χ1v) is 7.94. The van der Waals surface area contributed by atoms with Crippen molar-refractivity contribution in [2.24, 2.45) is 0 Å². The number of amides is 1. The summed E-state index contributed by atoms with van der Waals surface area (Å²) in [5.74, 6) is -0.0433. The number of anilines is 1. The first-order chi connectivity index (χ1) is 10.7. The summed E-state index contributed by atoms with van der Waals surface area (Å²) in [6.07, 6.45) is 1.68. The van der Waals surface area contributed by atoms with Crippen LogP contribution in [0.2, 0.25) is 0 Å². The molecule has 1 N–H and O–H groups in total. The maximum absolute atomic E-state index is 11.9. The van der Waals surface area contributed by atoms with E-state index in [-0.39, 0.29) is 5.91 Å². The first kappa shape index (κ1) is 14.7. The molecule has 4 nitrogen and oxygen atoms in total. The number of rotatable bonds is 5. The Balaban J connectivity index is 1.60. The summed E-state index contributed by atoms with van der Waals surface area (Å²) < 4.78 is 0. The van der Waals surface area contributed by atoms with Gasteiger partial charge in [-0.3, -0.25) is 9.69 Å². The van der Waals surface area contributed by atoms with E-state index in [1.807, 2.05) is 29.5 Å². The van der Waals surface area contributed by atoms with Crippen LogP contribution < -0.4 is 5.32 Å². The Bertz CT molecular complexity index is 770. The fraction of sp³-hybridized carbons (Fsp3) is 0.176. The summed E-state index contributed by atoms with van der Waals surface area (Å²) in [6.45, 7) is 1.07. The fourth-order valence-electron chi connectivity index (χ4n) is 2.39. The lowest BCUT2D eigenvalue weighted by atomic mass is 10.1. The van der Waals surface area contributed by atoms with Gasteiger partial charge >= 0.3 is 0 Å². The van der Waals surface area contributed by atoms with Crippen LogP contribution in [-0.2, 0) is 11.3 Å². The predicted molar refractivity (Wildman–Crippen MR) is 91.0 cm³/mol. The summed E-state index contributed by atoms with van der Waals surface area (Å²) >= 11 is 1.42. The second kappa shape index (κ2) is 6.68. The van der Waals surface area contributed by atoms with E-state index in [4.69, 9.17) is 0 Å². The van der Waals surface area contributed by atoms with E-state index in [0.29, 0.717) is 11.7 Å². The SMILES string of the molecule is CN(CC(=O)Nc1nccs1)Cc1ccc2ccccc2c1. The number of thiazole rings is 1. The highest BCUT2D eigenvalue weighted by molar-refractivity contribution is 7.13. The van der Waals surface area contributed by atoms with Crippen molar-refractivity contribution in [3.8, 4) is 0 Å². The van der Waals surface area contributed by atoms with E-state index in [2.05, 4.69) is 40.6 Å². The van der Waals surface area contributed by atoms with Crippen LogP contribution in [0.5, 0.6) is 0 Å². The highest BCUT2D eigenvalue weighted by Crippen LogP contribution is 2.16. The molecule has 0 bridgehead atoms. The highest BCUT2D eigenvalue weighted by atomic mass is 32.1. The number of benzene rings is 2. The Kier molecular flexibility index (Phi) is 4.46. The van der Waals surface area contributed by atoms with Crippen molar-refractivity contribution >= 4 is 33.1 Å². The van der Waals surface area contributed by atoms with Gasteiger partial charge in [-0.05, 0) is 29.4 Å². The molecule has 0 atom stereocenters. The molecule has 0 aliphatic heterocycles. The Morgan fingerprint density at radius 3 is 2.82 bits per heavy atom. The minimum Gasteiger partial charge on any atom is -0.301 e. The molecule has 22 heavy (non-hydrogen) atoms. The molecule has 0 saturated heterocycles. The van der Waals surface area contributed by atoms with Crippen LogP contribution in [0.1, 0.15) is 5.56 Å². The average molecular weight is 311 g/mol. The van der Waals surface area contributed by atoms with E-state index in [9.17, 15) is 4.79 Å². The van der Waals surface area contributed by atoms with Gasteiger partial charge in [0.15, 0.2) is 5.13 Å². The molecule has 0 fully saturated rings. The van der Waals surface area contributed by atoms with Crippen molar-refractivity contribution in [3.05, 3.63) is 59.6 Å². The van der Waals surface area contributed by atoms with Gasteiger partial charge in [0.25, 0.3) is 0 Å². The van der Waals surface area contributed by atoms with Crippen molar-refractivity contribution < 1.29 is 4.79 Å². The molecule has 112 valence electrons. The molecule has 0 saturated carbocycles. The number of carbonyl (C=O) groups is 1. The van der Waals surface area contributed by atoms with Gasteiger partial charge < -0.3 is 5.32 Å². The van der Waals surface area contributed by atoms with Gasteiger partial charge in [-0.15, -0.1) is 11.3 Å². The molecule has 0 radical (unpaired) electrons. The number of nitrogens with one attached hydrogen (secondary N) is 1. The van der Waals surface area contributed by atoms with Crippen molar-refractivity contribution in [2.45, 2.75) is 6.54 Å². The second-order valence-corrected chi connectivity index (χ2v) is 6.13. The van der Waals surface area contributed by atoms with Crippen molar-refractivity contribution in [1.29, 1.82) is 0 Å². The minimum absolute atomic E-state index is 0.0433. The quantitative estimate of drug-likeness (QED) is 0.786. The summed E-state index contributed by atoms with van der Waals surface area (Å²) in [5.41, 5.74) is 1.20. The monoisotopic (exact) mass is 311 g/mol. The third-order valence-electron chi connectivity index (χ3n) is 3.36. The predicted octanol–water partition coefficient (Wildman–Crippen LogP) is 3.37. The standard InChI is InChI=1S/C17H17N3OS/c1-20(12-16(21)19-17-18-8-9-22-17)11-13-6-7-14-4-2-3-5-15(14)10-13/h2-10H,11-12H2,1H3,(H,18,19,21). The van der Waals surface area contributed by atoms with Crippen LogP contribution in [0.4, 0.5) is 5.13 Å². The normalized spacial score (nSPS) is 11.0. The Hall–Kier alpha value is -2.24. The molecule has 1 aromatic heterocycles. The van der Waals surface area contributed by atoms with Gasteiger partial charge in [0.1, 0.15) is 0 Å². The number of hydrogen-bond acceptors (Lipinski definition) is 4. The molecule has 3 aromatic rings. The Morgan fingerprint density at radius 2 is 2.05 bits per heavy atom.